The SMILES string of the molecule is O=C(O)C1(F)OC(F)(F)OC1(F)F. The highest BCUT2D eigenvalue weighted by atomic mass is 19.3. The molecule has 1 heterocycles. The maximum atomic E-state index is 12.5. The number of rotatable bonds is 1. The lowest BCUT2D eigenvalue weighted by Gasteiger charge is -2.16. The Labute approximate surface area is 66.8 Å². The van der Waals surface area contributed by atoms with Gasteiger partial charge < -0.3 is 5.11 Å². The summed E-state index contributed by atoms with van der Waals surface area (Å²) < 4.78 is 65.7. The van der Waals surface area contributed by atoms with Gasteiger partial charge in [0.2, 0.25) is 0 Å². The van der Waals surface area contributed by atoms with E-state index >= 15 is 0 Å². The summed E-state index contributed by atoms with van der Waals surface area (Å²) in [6, 6.07) is 0. The predicted octanol–water partition coefficient (Wildman–Crippen LogP) is 0.927. The van der Waals surface area contributed by atoms with Crippen LogP contribution in [0.5, 0.6) is 0 Å². The number of carboxylic acids is 1. The van der Waals surface area contributed by atoms with E-state index in [1.165, 1.54) is 0 Å². The number of carboxylic acid groups (broad SMARTS) is 1. The molecule has 0 amide bonds. The van der Waals surface area contributed by atoms with Gasteiger partial charge in [0.05, 0.1) is 0 Å². The Hall–Kier alpha value is -0.960. The molecule has 1 rings (SSSR count). The normalized spacial score (nSPS) is 36.1. The van der Waals surface area contributed by atoms with Crippen LogP contribution in [-0.2, 0) is 14.3 Å². The van der Waals surface area contributed by atoms with E-state index in [-0.39, 0.29) is 0 Å². The molecule has 1 unspecified atom stereocenters. The third-order valence-electron chi connectivity index (χ3n) is 1.16. The van der Waals surface area contributed by atoms with Crippen LogP contribution in [0, 0.1) is 0 Å². The molecule has 1 atom stereocenters. The van der Waals surface area contributed by atoms with Crippen LogP contribution in [0.25, 0.3) is 0 Å². The summed E-state index contributed by atoms with van der Waals surface area (Å²) in [7, 11) is 0. The van der Waals surface area contributed by atoms with Gasteiger partial charge in [0.15, 0.2) is 0 Å². The third-order valence-corrected chi connectivity index (χ3v) is 1.16. The van der Waals surface area contributed by atoms with Gasteiger partial charge in [-0.25, -0.2) is 14.3 Å². The van der Waals surface area contributed by atoms with Crippen molar-refractivity contribution in [2.24, 2.45) is 0 Å². The Morgan fingerprint density at radius 1 is 1.08 bits per heavy atom. The third kappa shape index (κ3) is 1.33. The average molecular weight is 208 g/mol. The fraction of sp³-hybridized carbons (Fsp3) is 0.750. The molecule has 1 saturated heterocycles. The number of hydrogen-bond acceptors (Lipinski definition) is 3. The molecule has 1 aliphatic rings. The number of halogens is 5. The Morgan fingerprint density at radius 2 is 1.54 bits per heavy atom. The molecule has 76 valence electrons. The van der Waals surface area contributed by atoms with Crippen molar-refractivity contribution in [3.63, 3.8) is 0 Å². The van der Waals surface area contributed by atoms with Crippen molar-refractivity contribution in [3.8, 4) is 0 Å². The largest absolute Gasteiger partial charge is 0.493 e. The second-order valence-electron chi connectivity index (χ2n) is 2.08. The Kier molecular flexibility index (Phi) is 1.78. The molecule has 1 fully saturated rings. The number of hydrogen-bond donors (Lipinski definition) is 1. The molecule has 1 aliphatic heterocycles. The van der Waals surface area contributed by atoms with E-state index in [0.717, 1.165) is 0 Å². The lowest BCUT2D eigenvalue weighted by molar-refractivity contribution is -0.386. The molecule has 9 heteroatoms. The quantitative estimate of drug-likeness (QED) is 0.651. The first-order valence-electron chi connectivity index (χ1n) is 2.69. The molecule has 0 aromatic heterocycles. The molecular weight excluding hydrogens is 207 g/mol. The maximum Gasteiger partial charge on any atom is 0.493 e. The Morgan fingerprint density at radius 3 is 1.69 bits per heavy atom. The molecule has 0 bridgehead atoms. The lowest BCUT2D eigenvalue weighted by Crippen LogP contribution is -2.48. The molecule has 0 aliphatic carbocycles. The summed E-state index contributed by atoms with van der Waals surface area (Å²) in [6.07, 6.45) is -10.2. The number of aliphatic carboxylic acids is 1. The van der Waals surface area contributed by atoms with Crippen molar-refractivity contribution < 1.29 is 41.3 Å². The summed E-state index contributed by atoms with van der Waals surface area (Å²) in [5, 5.41) is 7.85. The minimum Gasteiger partial charge on any atom is -0.477 e. The summed E-state index contributed by atoms with van der Waals surface area (Å²) in [6.45, 7) is 0. The van der Waals surface area contributed by atoms with Crippen LogP contribution in [0.1, 0.15) is 0 Å². The van der Waals surface area contributed by atoms with Crippen molar-refractivity contribution in [1.82, 2.24) is 0 Å². The van der Waals surface area contributed by atoms with Crippen molar-refractivity contribution in [1.29, 1.82) is 0 Å². The van der Waals surface area contributed by atoms with Gasteiger partial charge in [0, 0.05) is 0 Å². The summed E-state index contributed by atoms with van der Waals surface area (Å²) in [5.41, 5.74) is 0. The number of carbonyl (C=O) groups is 1. The second-order valence-corrected chi connectivity index (χ2v) is 2.08. The number of alkyl halides is 5. The molecule has 0 radical (unpaired) electrons. The van der Waals surface area contributed by atoms with E-state index in [2.05, 4.69) is 9.47 Å². The average Bonchev–Trinajstić information content (AvgIpc) is 1.97. The van der Waals surface area contributed by atoms with Gasteiger partial charge in [-0.3, -0.25) is 0 Å². The zero-order valence-electron chi connectivity index (χ0n) is 5.56. The fourth-order valence-electron chi connectivity index (χ4n) is 0.627. The minimum absolute atomic E-state index is 2.47. The topological polar surface area (TPSA) is 55.8 Å². The molecule has 13 heavy (non-hydrogen) atoms. The smallest absolute Gasteiger partial charge is 0.477 e. The first kappa shape index (κ1) is 10.1. The van der Waals surface area contributed by atoms with E-state index in [4.69, 9.17) is 5.11 Å². The molecule has 0 spiro atoms. The first-order valence-corrected chi connectivity index (χ1v) is 2.69. The highest BCUT2D eigenvalue weighted by molar-refractivity contribution is 5.76. The van der Waals surface area contributed by atoms with E-state index in [1.807, 2.05) is 0 Å². The van der Waals surface area contributed by atoms with Crippen LogP contribution < -0.4 is 0 Å². The van der Waals surface area contributed by atoms with Gasteiger partial charge in [-0.1, -0.05) is 0 Å². The zero-order valence-corrected chi connectivity index (χ0v) is 5.56. The standard InChI is InChI=1S/C4HF5O4/c5-2(1(10)11)3(6,7)13-4(8,9)12-2/h(H,10,11). The minimum atomic E-state index is -5.23. The van der Waals surface area contributed by atoms with Gasteiger partial charge in [0.1, 0.15) is 0 Å². The second kappa shape index (κ2) is 2.29. The molecule has 1 N–H and O–H groups in total. The molecule has 0 aromatic carbocycles. The monoisotopic (exact) mass is 208 g/mol. The van der Waals surface area contributed by atoms with Crippen molar-refractivity contribution in [3.05, 3.63) is 0 Å². The highest BCUT2D eigenvalue weighted by Crippen LogP contribution is 2.48. The summed E-state index contributed by atoms with van der Waals surface area (Å²) in [5.74, 6) is -7.76. The maximum absolute atomic E-state index is 12.5. The summed E-state index contributed by atoms with van der Waals surface area (Å²) in [4.78, 5) is 9.83. The van der Waals surface area contributed by atoms with Crippen molar-refractivity contribution >= 4 is 5.97 Å². The zero-order chi connectivity index (χ0) is 10.5. The van der Waals surface area contributed by atoms with Crippen LogP contribution in [-0.4, -0.2) is 29.3 Å². The van der Waals surface area contributed by atoms with Gasteiger partial charge in [0.25, 0.3) is 0 Å². The van der Waals surface area contributed by atoms with E-state index in [9.17, 15) is 26.7 Å². The van der Waals surface area contributed by atoms with Gasteiger partial charge >= 0.3 is 24.2 Å². The van der Waals surface area contributed by atoms with Crippen LogP contribution in [0.3, 0.4) is 0 Å². The van der Waals surface area contributed by atoms with E-state index < -0.39 is 24.2 Å². The van der Waals surface area contributed by atoms with Gasteiger partial charge in [-0.2, -0.15) is 13.2 Å². The van der Waals surface area contributed by atoms with Crippen LogP contribution in [0.15, 0.2) is 0 Å². The fourth-order valence-corrected chi connectivity index (χ4v) is 0.627. The van der Waals surface area contributed by atoms with Crippen LogP contribution in [0.2, 0.25) is 0 Å². The molecule has 0 aromatic rings. The van der Waals surface area contributed by atoms with Gasteiger partial charge in [-0.15, -0.1) is 8.78 Å². The van der Waals surface area contributed by atoms with E-state index in [1.54, 1.807) is 0 Å². The Bertz CT molecular complexity index is 253. The predicted molar refractivity (Wildman–Crippen MR) is 23.5 cm³/mol. The molecule has 4 nitrogen and oxygen atoms in total. The van der Waals surface area contributed by atoms with Crippen LogP contribution >= 0.6 is 0 Å². The van der Waals surface area contributed by atoms with Gasteiger partial charge in [-0.05, 0) is 0 Å². The molecular formula is C4HF5O4. The van der Waals surface area contributed by atoms with E-state index in [0.29, 0.717) is 0 Å². The van der Waals surface area contributed by atoms with Crippen molar-refractivity contribution in [2.45, 2.75) is 18.3 Å². The van der Waals surface area contributed by atoms with Crippen LogP contribution in [0.4, 0.5) is 22.0 Å². The highest BCUT2D eigenvalue weighted by Gasteiger charge is 2.77. The van der Waals surface area contributed by atoms with Crippen molar-refractivity contribution in [2.75, 3.05) is 0 Å². The lowest BCUT2D eigenvalue weighted by atomic mass is 10.3. The number of ether oxygens (including phenoxy) is 2. The summed E-state index contributed by atoms with van der Waals surface area (Å²) >= 11 is 0. The first-order chi connectivity index (χ1) is 5.61. The molecule has 0 saturated carbocycles. The Balaban J connectivity index is 3.07.